The summed E-state index contributed by atoms with van der Waals surface area (Å²) >= 11 is 0. The van der Waals surface area contributed by atoms with E-state index in [0.29, 0.717) is 5.41 Å². The highest BCUT2D eigenvalue weighted by atomic mass is 14.2. The third kappa shape index (κ3) is 12.0. The summed E-state index contributed by atoms with van der Waals surface area (Å²) in [5, 5.41) is 0. The molecule has 0 spiro atoms. The normalized spacial score (nSPS) is 11.8. The molecule has 0 aromatic carbocycles. The zero-order valence-electron chi connectivity index (χ0n) is 12.8. The van der Waals surface area contributed by atoms with Gasteiger partial charge in [-0.2, -0.15) is 0 Å². The maximum atomic E-state index is 4.00. The van der Waals surface area contributed by atoms with Gasteiger partial charge in [-0.05, 0) is 31.6 Å². The molecule has 0 aliphatic heterocycles. The highest BCUT2D eigenvalue weighted by Crippen LogP contribution is 2.30. The number of allylic oxidation sites excluding steroid dienone is 1. The first-order chi connectivity index (χ1) is 7.98. The van der Waals surface area contributed by atoms with Crippen molar-refractivity contribution in [1.82, 2.24) is 0 Å². The first-order valence-electron chi connectivity index (χ1n) is 7.62. The van der Waals surface area contributed by atoms with Crippen molar-refractivity contribution < 1.29 is 0 Å². The maximum absolute atomic E-state index is 4.00. The Balaban J connectivity index is 3.42. The van der Waals surface area contributed by atoms with E-state index in [1.807, 2.05) is 0 Å². The molecule has 0 amide bonds. The van der Waals surface area contributed by atoms with Gasteiger partial charge in [0.05, 0.1) is 0 Å². The first-order valence-corrected chi connectivity index (χ1v) is 7.62. The van der Waals surface area contributed by atoms with E-state index in [4.69, 9.17) is 0 Å². The minimum absolute atomic E-state index is 0.516. The molecule has 0 aromatic heterocycles. The number of hydrogen-bond donors (Lipinski definition) is 0. The molecule has 0 atom stereocenters. The lowest BCUT2D eigenvalue weighted by molar-refractivity contribution is 0.294. The predicted octanol–water partition coefficient (Wildman–Crippen LogP) is 6.51. The molecule has 0 saturated carbocycles. The van der Waals surface area contributed by atoms with Crippen molar-refractivity contribution in [2.75, 3.05) is 0 Å². The van der Waals surface area contributed by atoms with Gasteiger partial charge in [0, 0.05) is 0 Å². The van der Waals surface area contributed by atoms with Gasteiger partial charge >= 0.3 is 0 Å². The van der Waals surface area contributed by atoms with Gasteiger partial charge in [-0.1, -0.05) is 71.3 Å². The van der Waals surface area contributed by atoms with Crippen LogP contribution in [0, 0.1) is 5.41 Å². The third-order valence-corrected chi connectivity index (χ3v) is 3.69. The van der Waals surface area contributed by atoms with E-state index in [1.54, 1.807) is 0 Å². The zero-order valence-corrected chi connectivity index (χ0v) is 12.8. The summed E-state index contributed by atoms with van der Waals surface area (Å²) in [4.78, 5) is 0. The second-order valence-electron chi connectivity index (χ2n) is 6.49. The molecule has 0 heteroatoms. The van der Waals surface area contributed by atoms with E-state index < -0.39 is 0 Å². The molecule has 0 radical (unpaired) electrons. The summed E-state index contributed by atoms with van der Waals surface area (Å²) in [6.07, 6.45) is 13.8. The minimum Gasteiger partial charge on any atom is -0.100 e. The lowest BCUT2D eigenvalue weighted by Crippen LogP contribution is -2.11. The van der Waals surface area contributed by atoms with Crippen LogP contribution in [0.2, 0.25) is 0 Å². The zero-order chi connectivity index (χ0) is 13.1. The van der Waals surface area contributed by atoms with Crippen LogP contribution in [0.25, 0.3) is 0 Å². The molecule has 0 aliphatic carbocycles. The average Bonchev–Trinajstić information content (AvgIpc) is 2.25. The van der Waals surface area contributed by atoms with Gasteiger partial charge in [0.2, 0.25) is 0 Å². The number of unbranched alkanes of at least 4 members (excludes halogenated alkanes) is 6. The van der Waals surface area contributed by atoms with Crippen LogP contribution in [-0.4, -0.2) is 0 Å². The largest absolute Gasteiger partial charge is 0.100 e. The standard InChI is InChI=1S/C17H34/c1-6-7-8-9-10-11-12-14-17(4,5)15-13-16(2)3/h2,6-15H2,1,3-5H3. The minimum atomic E-state index is 0.516. The lowest BCUT2D eigenvalue weighted by Gasteiger charge is -2.24. The van der Waals surface area contributed by atoms with Crippen molar-refractivity contribution in [3.8, 4) is 0 Å². The Morgan fingerprint density at radius 3 is 1.94 bits per heavy atom. The number of rotatable bonds is 11. The Kier molecular flexibility index (Phi) is 9.59. The summed E-state index contributed by atoms with van der Waals surface area (Å²) in [7, 11) is 0. The van der Waals surface area contributed by atoms with Gasteiger partial charge < -0.3 is 0 Å². The van der Waals surface area contributed by atoms with Crippen LogP contribution in [0.1, 0.15) is 91.9 Å². The van der Waals surface area contributed by atoms with E-state index in [2.05, 4.69) is 34.3 Å². The smallest absolute Gasteiger partial charge is 0.0321 e. The van der Waals surface area contributed by atoms with Gasteiger partial charge in [0.1, 0.15) is 0 Å². The highest BCUT2D eigenvalue weighted by molar-refractivity contribution is 4.89. The van der Waals surface area contributed by atoms with Crippen molar-refractivity contribution in [3.05, 3.63) is 12.2 Å². The van der Waals surface area contributed by atoms with Crippen LogP contribution in [0.4, 0.5) is 0 Å². The Bertz CT molecular complexity index is 188. The van der Waals surface area contributed by atoms with Crippen LogP contribution >= 0.6 is 0 Å². The second-order valence-corrected chi connectivity index (χ2v) is 6.49. The molecule has 0 bridgehead atoms. The first kappa shape index (κ1) is 16.7. The van der Waals surface area contributed by atoms with Crippen LogP contribution < -0.4 is 0 Å². The Morgan fingerprint density at radius 2 is 1.41 bits per heavy atom. The fourth-order valence-electron chi connectivity index (χ4n) is 2.24. The van der Waals surface area contributed by atoms with Crippen LogP contribution in [0.5, 0.6) is 0 Å². The van der Waals surface area contributed by atoms with E-state index in [9.17, 15) is 0 Å². The number of hydrogen-bond acceptors (Lipinski definition) is 0. The SMILES string of the molecule is C=C(C)CCC(C)(C)CCCCCCCCC. The van der Waals surface area contributed by atoms with E-state index in [1.165, 1.54) is 69.8 Å². The van der Waals surface area contributed by atoms with Crippen molar-refractivity contribution in [1.29, 1.82) is 0 Å². The molecular weight excluding hydrogens is 204 g/mol. The molecule has 0 unspecified atom stereocenters. The van der Waals surface area contributed by atoms with Gasteiger partial charge in [0.15, 0.2) is 0 Å². The van der Waals surface area contributed by atoms with E-state index in [-0.39, 0.29) is 0 Å². The summed E-state index contributed by atoms with van der Waals surface area (Å²) in [5.41, 5.74) is 1.85. The quantitative estimate of drug-likeness (QED) is 0.284. The second kappa shape index (κ2) is 9.74. The Labute approximate surface area is 110 Å². The topological polar surface area (TPSA) is 0 Å². The highest BCUT2D eigenvalue weighted by Gasteiger charge is 2.16. The molecule has 0 saturated heterocycles. The molecule has 0 N–H and O–H groups in total. The fraction of sp³-hybridized carbons (Fsp3) is 0.882. The summed E-state index contributed by atoms with van der Waals surface area (Å²) in [6.45, 7) is 13.2. The van der Waals surface area contributed by atoms with Gasteiger partial charge in [-0.3, -0.25) is 0 Å². The summed E-state index contributed by atoms with van der Waals surface area (Å²) < 4.78 is 0. The molecule has 102 valence electrons. The van der Waals surface area contributed by atoms with E-state index in [0.717, 1.165) is 0 Å². The van der Waals surface area contributed by atoms with Crippen LogP contribution in [-0.2, 0) is 0 Å². The molecule has 17 heavy (non-hydrogen) atoms. The van der Waals surface area contributed by atoms with Crippen LogP contribution in [0.15, 0.2) is 12.2 Å². The van der Waals surface area contributed by atoms with Crippen LogP contribution in [0.3, 0.4) is 0 Å². The monoisotopic (exact) mass is 238 g/mol. The van der Waals surface area contributed by atoms with Gasteiger partial charge in [-0.25, -0.2) is 0 Å². The van der Waals surface area contributed by atoms with Gasteiger partial charge in [0.25, 0.3) is 0 Å². The van der Waals surface area contributed by atoms with Crippen molar-refractivity contribution in [2.24, 2.45) is 5.41 Å². The maximum Gasteiger partial charge on any atom is -0.0321 e. The third-order valence-electron chi connectivity index (χ3n) is 3.69. The molecule has 0 aromatic rings. The molecule has 0 aliphatic rings. The Hall–Kier alpha value is -0.260. The molecule has 0 nitrogen and oxygen atoms in total. The Morgan fingerprint density at radius 1 is 0.882 bits per heavy atom. The molecule has 0 heterocycles. The summed E-state index contributed by atoms with van der Waals surface area (Å²) in [5.74, 6) is 0. The van der Waals surface area contributed by atoms with Crippen molar-refractivity contribution in [3.63, 3.8) is 0 Å². The fourth-order valence-corrected chi connectivity index (χ4v) is 2.24. The predicted molar refractivity (Wildman–Crippen MR) is 80.4 cm³/mol. The van der Waals surface area contributed by atoms with Crippen molar-refractivity contribution >= 4 is 0 Å². The lowest BCUT2D eigenvalue weighted by atomic mass is 9.81. The molecule has 0 fully saturated rings. The molecule has 0 rings (SSSR count). The van der Waals surface area contributed by atoms with Gasteiger partial charge in [-0.15, -0.1) is 6.58 Å². The molecular formula is C17H34. The average molecular weight is 238 g/mol. The van der Waals surface area contributed by atoms with E-state index >= 15 is 0 Å². The van der Waals surface area contributed by atoms with Crippen molar-refractivity contribution in [2.45, 2.75) is 91.9 Å². The summed E-state index contributed by atoms with van der Waals surface area (Å²) in [6, 6.07) is 0.